The van der Waals surface area contributed by atoms with Crippen LogP contribution in [-0.4, -0.2) is 38.4 Å². The van der Waals surface area contributed by atoms with E-state index in [0.29, 0.717) is 30.1 Å². The van der Waals surface area contributed by atoms with Crippen LogP contribution in [0, 0.1) is 5.41 Å². The number of aldehydes is 1. The molecule has 8 heteroatoms. The maximum absolute atomic E-state index is 11.3. The van der Waals surface area contributed by atoms with Gasteiger partial charge in [0.05, 0.1) is 19.7 Å². The van der Waals surface area contributed by atoms with E-state index in [-0.39, 0.29) is 5.91 Å². The van der Waals surface area contributed by atoms with Gasteiger partial charge in [-0.25, -0.2) is 0 Å². The second-order valence-electron chi connectivity index (χ2n) is 8.11. The number of methoxy groups -OCH3 is 2. The summed E-state index contributed by atoms with van der Waals surface area (Å²) >= 11 is 0. The van der Waals surface area contributed by atoms with E-state index in [1.54, 1.807) is 33.4 Å². The summed E-state index contributed by atoms with van der Waals surface area (Å²) in [6.45, 7) is 3.65. The highest BCUT2D eigenvalue weighted by molar-refractivity contribution is 6.00. The van der Waals surface area contributed by atoms with Gasteiger partial charge < -0.3 is 29.6 Å². The maximum Gasteiger partial charge on any atom is 0.237 e. The number of hydrogen-bond acceptors (Lipinski definition) is 7. The van der Waals surface area contributed by atoms with Crippen LogP contribution in [-0.2, 0) is 9.59 Å². The van der Waals surface area contributed by atoms with Gasteiger partial charge in [0.15, 0.2) is 11.5 Å². The van der Waals surface area contributed by atoms with Gasteiger partial charge in [-0.15, -0.1) is 0 Å². The molecule has 8 nitrogen and oxygen atoms in total. The van der Waals surface area contributed by atoms with E-state index >= 15 is 0 Å². The van der Waals surface area contributed by atoms with Gasteiger partial charge in [-0.05, 0) is 63.1 Å². The Balaban J connectivity index is 0.000000241. The Kier molecular flexibility index (Phi) is 8.30. The van der Waals surface area contributed by atoms with E-state index in [2.05, 4.69) is 15.6 Å². The topological polar surface area (TPSA) is 98.8 Å². The number of carbonyl (C=O) groups is 2. The molecule has 3 aromatic rings. The highest BCUT2D eigenvalue weighted by Crippen LogP contribution is 2.43. The van der Waals surface area contributed by atoms with E-state index in [0.717, 1.165) is 34.3 Å². The number of fused-ring (bicyclic) bond motifs is 1. The Bertz CT molecular complexity index is 1220. The molecule has 0 unspecified atom stereocenters. The van der Waals surface area contributed by atoms with Crippen LogP contribution in [0.5, 0.6) is 23.0 Å². The van der Waals surface area contributed by atoms with Crippen molar-refractivity contribution in [2.45, 2.75) is 26.7 Å². The highest BCUT2D eigenvalue weighted by Gasteiger charge is 2.49. The average Bonchev–Trinajstić information content (AvgIpc) is 3.70. The number of aromatic nitrogens is 1. The van der Waals surface area contributed by atoms with E-state index in [4.69, 9.17) is 14.2 Å². The molecule has 0 radical (unpaired) electrons. The van der Waals surface area contributed by atoms with E-state index < -0.39 is 5.41 Å². The van der Waals surface area contributed by atoms with Crippen molar-refractivity contribution in [2.24, 2.45) is 5.41 Å². The van der Waals surface area contributed by atoms with Gasteiger partial charge in [0.25, 0.3) is 0 Å². The number of anilines is 1. The molecule has 0 aliphatic heterocycles. The molecule has 1 saturated carbocycles. The van der Waals surface area contributed by atoms with Gasteiger partial charge >= 0.3 is 0 Å². The van der Waals surface area contributed by atoms with Crippen molar-refractivity contribution in [2.75, 3.05) is 26.6 Å². The third-order valence-corrected chi connectivity index (χ3v) is 5.79. The first kappa shape index (κ1) is 25.6. The van der Waals surface area contributed by atoms with Crippen LogP contribution in [0.25, 0.3) is 10.9 Å². The van der Waals surface area contributed by atoms with Gasteiger partial charge in [0, 0.05) is 36.1 Å². The fourth-order valence-corrected chi connectivity index (χ4v) is 3.26. The van der Waals surface area contributed by atoms with Gasteiger partial charge in [0.1, 0.15) is 23.2 Å². The van der Waals surface area contributed by atoms with Gasteiger partial charge in [-0.3, -0.25) is 9.78 Å². The number of nitrogens with one attached hydrogen (secondary N) is 2. The summed E-state index contributed by atoms with van der Waals surface area (Å²) in [5, 5.41) is 6.62. The monoisotopic (exact) mass is 477 g/mol. The van der Waals surface area contributed by atoms with Crippen LogP contribution in [0.2, 0.25) is 0 Å². The molecule has 0 saturated heterocycles. The van der Waals surface area contributed by atoms with E-state index in [1.807, 2.05) is 56.4 Å². The number of ether oxygens (including phenoxy) is 3. The summed E-state index contributed by atoms with van der Waals surface area (Å²) in [5.41, 5.74) is 1.92. The van der Waals surface area contributed by atoms with Gasteiger partial charge in [0.2, 0.25) is 5.91 Å². The summed E-state index contributed by atoms with van der Waals surface area (Å²) in [4.78, 5) is 26.2. The van der Waals surface area contributed by atoms with Crippen LogP contribution < -0.4 is 24.8 Å². The molecule has 2 N–H and O–H groups in total. The standard InChI is InChI=1S/C18H18N2O3.C9H13NO2/c1-19-12-4-6-13(7-5-12)23-16-8-9-20-15-11-18(22-3)17(21-2)10-14(15)16;1-3-7(2)10-8(12)9(6-11)4-5-9/h4-11,19H,1-3H3;3,6H,4-5H2,1-2H3,(H,10,12)/b;7-3+. The first-order chi connectivity index (χ1) is 16.9. The van der Waals surface area contributed by atoms with Crippen LogP contribution in [0.1, 0.15) is 26.7 Å². The Morgan fingerprint density at radius 2 is 1.69 bits per heavy atom. The second kappa shape index (κ2) is 11.4. The van der Waals surface area contributed by atoms with Crippen LogP contribution >= 0.6 is 0 Å². The molecule has 0 atom stereocenters. The Labute approximate surface area is 205 Å². The zero-order valence-corrected chi connectivity index (χ0v) is 20.7. The molecule has 1 aliphatic rings. The van der Waals surface area contributed by atoms with Crippen molar-refractivity contribution in [3.63, 3.8) is 0 Å². The number of nitrogens with zero attached hydrogens (tertiary/aromatic N) is 1. The lowest BCUT2D eigenvalue weighted by molar-refractivity contribution is -0.130. The smallest absolute Gasteiger partial charge is 0.237 e. The largest absolute Gasteiger partial charge is 0.493 e. The minimum absolute atomic E-state index is 0.159. The molecule has 4 rings (SSSR count). The lowest BCUT2D eigenvalue weighted by Gasteiger charge is -2.12. The summed E-state index contributed by atoms with van der Waals surface area (Å²) in [6.07, 6.45) is 5.66. The van der Waals surface area contributed by atoms with E-state index in [9.17, 15) is 9.59 Å². The molecule has 0 bridgehead atoms. The highest BCUT2D eigenvalue weighted by atomic mass is 16.5. The van der Waals surface area contributed by atoms with Crippen molar-refractivity contribution >= 4 is 28.8 Å². The summed E-state index contributed by atoms with van der Waals surface area (Å²) in [6, 6.07) is 13.3. The molecular formula is C27H31N3O5. The molecule has 1 fully saturated rings. The fraction of sp³-hybridized carbons (Fsp3) is 0.296. The number of allylic oxidation sites excluding steroid dienone is 2. The summed E-state index contributed by atoms with van der Waals surface area (Å²) < 4.78 is 16.7. The molecule has 2 aromatic carbocycles. The Morgan fingerprint density at radius 1 is 1.03 bits per heavy atom. The average molecular weight is 478 g/mol. The molecule has 0 spiro atoms. The number of pyridine rings is 1. The van der Waals surface area contributed by atoms with Crippen LogP contribution in [0.15, 0.2) is 60.4 Å². The molecular weight excluding hydrogens is 446 g/mol. The zero-order valence-electron chi connectivity index (χ0n) is 20.7. The summed E-state index contributed by atoms with van der Waals surface area (Å²) in [7, 11) is 5.09. The Hall–Kier alpha value is -4.07. The lowest BCUT2D eigenvalue weighted by Crippen LogP contribution is -2.31. The van der Waals surface area contributed by atoms with Crippen LogP contribution in [0.4, 0.5) is 5.69 Å². The van der Waals surface area contributed by atoms with Crippen molar-refractivity contribution in [1.82, 2.24) is 10.3 Å². The third-order valence-electron chi connectivity index (χ3n) is 5.79. The second-order valence-corrected chi connectivity index (χ2v) is 8.11. The number of benzene rings is 2. The number of carbonyl (C=O) groups excluding carboxylic acids is 2. The lowest BCUT2D eigenvalue weighted by atomic mass is 10.1. The molecule has 35 heavy (non-hydrogen) atoms. The van der Waals surface area contributed by atoms with Crippen molar-refractivity contribution in [1.29, 1.82) is 0 Å². The Morgan fingerprint density at radius 3 is 2.23 bits per heavy atom. The zero-order chi connectivity index (χ0) is 25.4. The first-order valence-electron chi connectivity index (χ1n) is 11.3. The first-order valence-corrected chi connectivity index (χ1v) is 11.3. The fourth-order valence-electron chi connectivity index (χ4n) is 3.26. The van der Waals surface area contributed by atoms with E-state index in [1.165, 1.54) is 0 Å². The predicted octanol–water partition coefficient (Wildman–Crippen LogP) is 5.09. The molecule has 1 amide bonds. The van der Waals surface area contributed by atoms with Gasteiger partial charge in [-0.2, -0.15) is 0 Å². The summed E-state index contributed by atoms with van der Waals surface area (Å²) in [5.74, 6) is 2.60. The molecule has 1 aliphatic carbocycles. The van der Waals surface area contributed by atoms with Crippen molar-refractivity contribution < 1.29 is 23.8 Å². The molecule has 184 valence electrons. The van der Waals surface area contributed by atoms with Crippen LogP contribution in [0.3, 0.4) is 0 Å². The quantitative estimate of drug-likeness (QED) is 0.344. The number of hydrogen-bond donors (Lipinski definition) is 2. The maximum atomic E-state index is 11.3. The normalized spacial score (nSPS) is 13.7. The minimum Gasteiger partial charge on any atom is -0.493 e. The minimum atomic E-state index is -0.690. The molecule has 1 aromatic heterocycles. The van der Waals surface area contributed by atoms with Crippen molar-refractivity contribution in [3.8, 4) is 23.0 Å². The molecule has 1 heterocycles. The van der Waals surface area contributed by atoms with Crippen molar-refractivity contribution in [3.05, 3.63) is 60.4 Å². The predicted molar refractivity (Wildman–Crippen MR) is 136 cm³/mol. The SMILES string of the molecule is C/C=C(\C)NC(=O)C1(C=O)CC1.CNc1ccc(Oc2ccnc3cc(OC)c(OC)cc23)cc1. The number of rotatable bonds is 8. The van der Waals surface area contributed by atoms with Gasteiger partial charge in [-0.1, -0.05) is 6.08 Å². The third kappa shape index (κ3) is 6.09. The number of amides is 1.